The molecular formula is C20H24N4O3. The second-order valence-corrected chi connectivity index (χ2v) is 6.12. The molecule has 0 saturated heterocycles. The summed E-state index contributed by atoms with van der Waals surface area (Å²) in [5, 5.41) is 8.34. The molecule has 27 heavy (non-hydrogen) atoms. The van der Waals surface area contributed by atoms with E-state index in [4.69, 9.17) is 10.6 Å². The molecule has 142 valence electrons. The molecule has 1 aromatic rings. The Hall–Kier alpha value is -3.19. The van der Waals surface area contributed by atoms with Crippen LogP contribution in [0, 0.1) is 0 Å². The van der Waals surface area contributed by atoms with Gasteiger partial charge in [-0.3, -0.25) is 0 Å². The van der Waals surface area contributed by atoms with Gasteiger partial charge < -0.3 is 14.5 Å². The third-order valence-corrected chi connectivity index (χ3v) is 3.84. The largest absolute Gasteiger partial charge is 0.470 e. The molecule has 1 aliphatic heterocycles. The maximum atomic E-state index is 11.5. The molecule has 7 heteroatoms. The van der Waals surface area contributed by atoms with E-state index in [9.17, 15) is 4.79 Å². The van der Waals surface area contributed by atoms with Crippen molar-refractivity contribution in [3.8, 4) is 0 Å². The van der Waals surface area contributed by atoms with Crippen LogP contribution < -0.4 is 5.90 Å². The van der Waals surface area contributed by atoms with Gasteiger partial charge in [0, 0.05) is 31.8 Å². The summed E-state index contributed by atoms with van der Waals surface area (Å²) < 4.78 is 5.68. The highest BCUT2D eigenvalue weighted by molar-refractivity contribution is 6.01. The fourth-order valence-corrected chi connectivity index (χ4v) is 2.43. The highest BCUT2D eigenvalue weighted by Gasteiger charge is 2.15. The zero-order valence-electron chi connectivity index (χ0n) is 15.8. The molecule has 0 saturated carbocycles. The summed E-state index contributed by atoms with van der Waals surface area (Å²) in [5.74, 6) is 4.63. The molecular weight excluding hydrogens is 344 g/mol. The average Bonchev–Trinajstić information content (AvgIpc) is 2.68. The van der Waals surface area contributed by atoms with E-state index in [1.165, 1.54) is 0 Å². The lowest BCUT2D eigenvalue weighted by Crippen LogP contribution is -2.20. The first-order chi connectivity index (χ1) is 12.9. The highest BCUT2D eigenvalue weighted by atomic mass is 16.7. The summed E-state index contributed by atoms with van der Waals surface area (Å²) in [4.78, 5) is 17.8. The Morgan fingerprint density at radius 2 is 2.15 bits per heavy atom. The van der Waals surface area contributed by atoms with Gasteiger partial charge >= 0.3 is 5.97 Å². The minimum Gasteiger partial charge on any atom is -0.470 e. The zero-order chi connectivity index (χ0) is 19.8. The minimum absolute atomic E-state index is 0.307. The van der Waals surface area contributed by atoms with Gasteiger partial charge in [0.25, 0.3) is 0 Å². The van der Waals surface area contributed by atoms with Crippen LogP contribution in [-0.4, -0.2) is 43.2 Å². The van der Waals surface area contributed by atoms with Gasteiger partial charge in [-0.2, -0.15) is 11.0 Å². The maximum absolute atomic E-state index is 11.5. The molecule has 7 nitrogen and oxygen atoms in total. The molecule has 0 aliphatic carbocycles. The van der Waals surface area contributed by atoms with Crippen LogP contribution in [0.3, 0.4) is 0 Å². The molecule has 0 aromatic heterocycles. The topological polar surface area (TPSA) is 89.5 Å². The molecule has 2 N–H and O–H groups in total. The molecule has 0 unspecified atom stereocenters. The Bertz CT molecular complexity index is 835. The van der Waals surface area contributed by atoms with Crippen molar-refractivity contribution in [1.29, 1.82) is 0 Å². The molecule has 0 fully saturated rings. The van der Waals surface area contributed by atoms with Gasteiger partial charge in [-0.1, -0.05) is 24.8 Å². The van der Waals surface area contributed by atoms with Crippen LogP contribution in [0.1, 0.15) is 29.3 Å². The van der Waals surface area contributed by atoms with Crippen LogP contribution in [-0.2, 0) is 9.57 Å². The van der Waals surface area contributed by atoms with Crippen molar-refractivity contribution in [2.24, 2.45) is 16.1 Å². The molecule has 0 bridgehead atoms. The highest BCUT2D eigenvalue weighted by Crippen LogP contribution is 2.14. The van der Waals surface area contributed by atoms with Crippen molar-refractivity contribution in [2.75, 3.05) is 20.7 Å². The number of hydrogen-bond acceptors (Lipinski definition) is 7. The van der Waals surface area contributed by atoms with Crippen LogP contribution in [0.15, 0.2) is 70.5 Å². The van der Waals surface area contributed by atoms with Gasteiger partial charge in [0.1, 0.15) is 6.61 Å². The van der Waals surface area contributed by atoms with E-state index >= 15 is 0 Å². The quantitative estimate of drug-likeness (QED) is 0.590. The predicted molar refractivity (Wildman–Crippen MR) is 106 cm³/mol. The molecule has 0 radical (unpaired) electrons. The Balaban J connectivity index is 2.05. The van der Waals surface area contributed by atoms with Crippen LogP contribution in [0.25, 0.3) is 0 Å². The average molecular weight is 368 g/mol. The van der Waals surface area contributed by atoms with E-state index in [1.54, 1.807) is 24.3 Å². The number of ether oxygens (including phenoxy) is 1. The molecule has 1 aromatic carbocycles. The van der Waals surface area contributed by atoms with Crippen molar-refractivity contribution in [1.82, 2.24) is 4.90 Å². The van der Waals surface area contributed by atoms with Gasteiger partial charge in [0.2, 0.25) is 5.90 Å². The number of nitrogens with two attached hydrogens (primary N) is 1. The van der Waals surface area contributed by atoms with Gasteiger partial charge in [-0.15, -0.1) is 5.10 Å². The lowest BCUT2D eigenvalue weighted by atomic mass is 10.1. The Morgan fingerprint density at radius 1 is 1.37 bits per heavy atom. The minimum atomic E-state index is -0.626. The number of allylic oxidation sites excluding steroid dienone is 4. The van der Waals surface area contributed by atoms with Crippen LogP contribution in [0.4, 0.5) is 0 Å². The number of carbonyl (C=O) groups is 1. The zero-order valence-corrected chi connectivity index (χ0v) is 15.8. The van der Waals surface area contributed by atoms with Crippen molar-refractivity contribution in [3.05, 3.63) is 71.5 Å². The molecule has 1 aliphatic rings. The summed E-state index contributed by atoms with van der Waals surface area (Å²) in [6.07, 6.45) is 6.55. The van der Waals surface area contributed by atoms with E-state index in [0.717, 1.165) is 17.0 Å². The van der Waals surface area contributed by atoms with E-state index in [1.807, 2.05) is 44.1 Å². The van der Waals surface area contributed by atoms with E-state index in [0.29, 0.717) is 30.1 Å². The summed E-state index contributed by atoms with van der Waals surface area (Å²) in [6, 6.07) is 6.66. The number of likely N-dealkylation sites (N-methyl/N-ethyl adjacent to an activating group) is 1. The maximum Gasteiger partial charge on any atom is 0.356 e. The summed E-state index contributed by atoms with van der Waals surface area (Å²) in [5.41, 5.74) is 3.72. The Morgan fingerprint density at radius 3 is 2.74 bits per heavy atom. The van der Waals surface area contributed by atoms with Crippen molar-refractivity contribution in [2.45, 2.75) is 13.3 Å². The van der Waals surface area contributed by atoms with E-state index in [-0.39, 0.29) is 0 Å². The predicted octanol–water partition coefficient (Wildman–Crippen LogP) is 2.82. The second kappa shape index (κ2) is 9.49. The van der Waals surface area contributed by atoms with Crippen molar-refractivity contribution >= 4 is 17.6 Å². The molecule has 0 atom stereocenters. The van der Waals surface area contributed by atoms with Crippen LogP contribution in [0.2, 0.25) is 0 Å². The lowest BCUT2D eigenvalue weighted by molar-refractivity contribution is 0.0503. The Labute approximate surface area is 159 Å². The fourth-order valence-electron chi connectivity index (χ4n) is 2.43. The van der Waals surface area contributed by atoms with Crippen LogP contribution >= 0.6 is 0 Å². The summed E-state index contributed by atoms with van der Waals surface area (Å²) in [6.45, 7) is 6.34. The third kappa shape index (κ3) is 5.65. The smallest absolute Gasteiger partial charge is 0.356 e. The Kier molecular flexibility index (Phi) is 7.08. The second-order valence-electron chi connectivity index (χ2n) is 6.12. The summed E-state index contributed by atoms with van der Waals surface area (Å²) in [7, 11) is 3.97. The van der Waals surface area contributed by atoms with Crippen molar-refractivity contribution in [3.63, 3.8) is 0 Å². The van der Waals surface area contributed by atoms with Gasteiger partial charge in [0.15, 0.2) is 0 Å². The van der Waals surface area contributed by atoms with Gasteiger partial charge in [-0.05, 0) is 36.8 Å². The standard InChI is InChI=1S/C20H24N4O3/c1-5-18(24(3)4)10-9-14(2)11-17-13-26-19(23-22-17)15-7-6-8-16(12-15)20(25)27-21/h5-10,12H,2,11,13,21H2,1,3-4H3/b10-9-,18-5+. The monoisotopic (exact) mass is 368 g/mol. The molecule has 0 spiro atoms. The molecule has 1 heterocycles. The number of hydrogen-bond donors (Lipinski definition) is 1. The molecule has 2 rings (SSSR count). The normalized spacial score (nSPS) is 14.3. The third-order valence-electron chi connectivity index (χ3n) is 3.84. The number of rotatable bonds is 7. The summed E-state index contributed by atoms with van der Waals surface area (Å²) >= 11 is 0. The SMILES string of the molecule is C=C(/C=C\C(=C/C)N(C)C)CC1=NN=C(c2cccc(C(=O)ON)c2)OC1. The van der Waals surface area contributed by atoms with Crippen LogP contribution in [0.5, 0.6) is 0 Å². The van der Waals surface area contributed by atoms with Gasteiger partial charge in [0.05, 0.1) is 11.3 Å². The first-order valence-corrected chi connectivity index (χ1v) is 8.41. The van der Waals surface area contributed by atoms with E-state index in [2.05, 4.69) is 21.6 Å². The van der Waals surface area contributed by atoms with Crippen molar-refractivity contribution < 1.29 is 14.4 Å². The first kappa shape index (κ1) is 20.1. The lowest BCUT2D eigenvalue weighted by Gasteiger charge is -2.15. The number of carbonyl (C=O) groups excluding carboxylic acids is 1. The number of benzene rings is 1. The van der Waals surface area contributed by atoms with Gasteiger partial charge in [-0.25, -0.2) is 4.79 Å². The first-order valence-electron chi connectivity index (χ1n) is 8.41. The molecule has 0 amide bonds. The van der Waals surface area contributed by atoms with E-state index < -0.39 is 5.97 Å². The number of nitrogens with zero attached hydrogens (tertiary/aromatic N) is 3. The fraction of sp³-hybridized carbons (Fsp3) is 0.250.